The number of nitrogens with one attached hydrogen (secondary N) is 2. The number of carbonyl (C=O) groups is 2. The van der Waals surface area contributed by atoms with E-state index in [0.717, 1.165) is 25.7 Å². The fourth-order valence-electron chi connectivity index (χ4n) is 4.33. The third kappa shape index (κ3) is 3.91. The molecule has 148 valence electrons. The molecule has 4 rings (SSSR count). The van der Waals surface area contributed by atoms with Gasteiger partial charge >= 0.3 is 0 Å². The van der Waals surface area contributed by atoms with Crippen molar-refractivity contribution in [3.05, 3.63) is 45.7 Å². The normalized spacial score (nSPS) is 20.5. The minimum atomic E-state index is -0.555. The second kappa shape index (κ2) is 8.17. The smallest absolute Gasteiger partial charge is 0.255 e. The fourth-order valence-corrected chi connectivity index (χ4v) is 5.15. The van der Waals surface area contributed by atoms with Crippen molar-refractivity contribution in [2.45, 2.75) is 44.6 Å². The molecule has 1 aliphatic carbocycles. The van der Waals surface area contributed by atoms with Crippen LogP contribution in [0.25, 0.3) is 0 Å². The standard InChI is InChI=1S/C20H21ClFN3O2S/c21-15-10-23-20(28-15)25-18(26)13(9-11-5-2-1-3-6-11)17-12-7-4-8-14(22)16(12)19(27)24-17/h4,7-8,10-11,13,17H,1-3,5-6,9H2,(H,24,27)(H,23,25,26)/t13?,17-/m1/s1. The molecule has 1 aromatic carbocycles. The third-order valence-electron chi connectivity index (χ3n) is 5.65. The maximum absolute atomic E-state index is 14.2. The molecule has 0 saturated heterocycles. The highest BCUT2D eigenvalue weighted by Crippen LogP contribution is 2.39. The van der Waals surface area contributed by atoms with Crippen molar-refractivity contribution in [1.29, 1.82) is 0 Å². The van der Waals surface area contributed by atoms with Crippen LogP contribution in [-0.2, 0) is 4.79 Å². The summed E-state index contributed by atoms with van der Waals surface area (Å²) in [6.45, 7) is 0. The van der Waals surface area contributed by atoms with Gasteiger partial charge in [0, 0.05) is 0 Å². The van der Waals surface area contributed by atoms with Crippen LogP contribution in [0.3, 0.4) is 0 Å². The van der Waals surface area contributed by atoms with E-state index in [2.05, 4.69) is 15.6 Å². The molecule has 1 fully saturated rings. The molecule has 2 atom stereocenters. The number of rotatable bonds is 5. The van der Waals surface area contributed by atoms with E-state index in [0.29, 0.717) is 27.4 Å². The number of hydrogen-bond donors (Lipinski definition) is 2. The van der Waals surface area contributed by atoms with Gasteiger partial charge in [-0.25, -0.2) is 9.37 Å². The quantitative estimate of drug-likeness (QED) is 0.717. The van der Waals surface area contributed by atoms with Crippen molar-refractivity contribution < 1.29 is 14.0 Å². The number of hydrogen-bond acceptors (Lipinski definition) is 4. The van der Waals surface area contributed by atoms with E-state index >= 15 is 0 Å². The first kappa shape index (κ1) is 19.3. The number of benzene rings is 1. The molecular formula is C20H21ClFN3O2S. The first-order valence-corrected chi connectivity index (χ1v) is 10.7. The van der Waals surface area contributed by atoms with Crippen LogP contribution in [0.2, 0.25) is 4.34 Å². The lowest BCUT2D eigenvalue weighted by atomic mass is 9.79. The Morgan fingerprint density at radius 2 is 2.14 bits per heavy atom. The molecule has 2 aliphatic rings. The van der Waals surface area contributed by atoms with Crippen LogP contribution in [-0.4, -0.2) is 16.8 Å². The lowest BCUT2D eigenvalue weighted by Gasteiger charge is -2.29. The first-order chi connectivity index (χ1) is 13.5. The summed E-state index contributed by atoms with van der Waals surface area (Å²) in [7, 11) is 0. The maximum Gasteiger partial charge on any atom is 0.255 e. The van der Waals surface area contributed by atoms with Crippen molar-refractivity contribution >= 4 is 39.9 Å². The largest absolute Gasteiger partial charge is 0.344 e. The molecule has 2 heterocycles. The zero-order valence-electron chi connectivity index (χ0n) is 15.2. The van der Waals surface area contributed by atoms with Gasteiger partial charge in [0.05, 0.1) is 23.7 Å². The Balaban J connectivity index is 1.62. The molecule has 0 radical (unpaired) electrons. The molecule has 0 bridgehead atoms. The van der Waals surface area contributed by atoms with Crippen LogP contribution in [0.5, 0.6) is 0 Å². The van der Waals surface area contributed by atoms with Gasteiger partial charge in [-0.3, -0.25) is 9.59 Å². The molecule has 2 aromatic rings. The number of fused-ring (bicyclic) bond motifs is 1. The SMILES string of the molecule is O=C1N[C@@H](C(CC2CCCCC2)C(=O)Nc2ncc(Cl)s2)c2cccc(F)c21. The molecule has 2 N–H and O–H groups in total. The summed E-state index contributed by atoms with van der Waals surface area (Å²) >= 11 is 7.10. The van der Waals surface area contributed by atoms with E-state index in [4.69, 9.17) is 11.6 Å². The number of anilines is 1. The van der Waals surface area contributed by atoms with Crippen LogP contribution in [0.1, 0.15) is 60.5 Å². The average Bonchev–Trinajstić information content (AvgIpc) is 3.24. The van der Waals surface area contributed by atoms with Gasteiger partial charge in [-0.15, -0.1) is 0 Å². The molecule has 5 nitrogen and oxygen atoms in total. The minimum Gasteiger partial charge on any atom is -0.344 e. The Morgan fingerprint density at radius 3 is 2.86 bits per heavy atom. The molecule has 1 aliphatic heterocycles. The first-order valence-electron chi connectivity index (χ1n) is 9.54. The summed E-state index contributed by atoms with van der Waals surface area (Å²) in [6, 6.07) is 4.03. The van der Waals surface area contributed by atoms with E-state index in [1.807, 2.05) is 0 Å². The van der Waals surface area contributed by atoms with Crippen molar-refractivity contribution in [2.24, 2.45) is 11.8 Å². The second-order valence-electron chi connectivity index (χ2n) is 7.46. The highest BCUT2D eigenvalue weighted by molar-refractivity contribution is 7.19. The van der Waals surface area contributed by atoms with Gasteiger partial charge in [-0.05, 0) is 24.0 Å². The summed E-state index contributed by atoms with van der Waals surface area (Å²) in [5.74, 6) is -1.33. The molecule has 8 heteroatoms. The summed E-state index contributed by atoms with van der Waals surface area (Å²) < 4.78 is 14.7. The van der Waals surface area contributed by atoms with E-state index in [1.165, 1.54) is 30.0 Å². The molecule has 1 unspecified atom stereocenters. The zero-order valence-corrected chi connectivity index (χ0v) is 16.8. The number of aromatic nitrogens is 1. The van der Waals surface area contributed by atoms with Crippen molar-refractivity contribution in [2.75, 3.05) is 5.32 Å². The van der Waals surface area contributed by atoms with E-state index < -0.39 is 23.7 Å². The third-order valence-corrected chi connectivity index (χ3v) is 6.68. The van der Waals surface area contributed by atoms with E-state index in [-0.39, 0.29) is 11.5 Å². The number of carbonyl (C=O) groups excluding carboxylic acids is 2. The van der Waals surface area contributed by atoms with Gasteiger partial charge in [0.1, 0.15) is 10.2 Å². The summed E-state index contributed by atoms with van der Waals surface area (Å²) in [5, 5.41) is 6.09. The summed E-state index contributed by atoms with van der Waals surface area (Å²) in [6.07, 6.45) is 7.81. The highest BCUT2D eigenvalue weighted by Gasteiger charge is 2.40. The molecule has 28 heavy (non-hydrogen) atoms. The monoisotopic (exact) mass is 421 g/mol. The Morgan fingerprint density at radius 1 is 1.36 bits per heavy atom. The Hall–Kier alpha value is -1.99. The highest BCUT2D eigenvalue weighted by atomic mass is 35.5. The molecular weight excluding hydrogens is 401 g/mol. The van der Waals surface area contributed by atoms with Crippen molar-refractivity contribution in [3.63, 3.8) is 0 Å². The van der Waals surface area contributed by atoms with E-state index in [9.17, 15) is 14.0 Å². The second-order valence-corrected chi connectivity index (χ2v) is 9.12. The van der Waals surface area contributed by atoms with Gasteiger partial charge in [-0.2, -0.15) is 0 Å². The Bertz CT molecular complexity index is 897. The van der Waals surface area contributed by atoms with Gasteiger partial charge in [0.2, 0.25) is 5.91 Å². The van der Waals surface area contributed by atoms with Gasteiger partial charge in [0.25, 0.3) is 5.91 Å². The molecule has 1 saturated carbocycles. The molecule has 0 spiro atoms. The Labute approximate surface area is 171 Å². The van der Waals surface area contributed by atoms with E-state index in [1.54, 1.807) is 12.1 Å². The average molecular weight is 422 g/mol. The van der Waals surface area contributed by atoms with Crippen LogP contribution in [0.15, 0.2) is 24.4 Å². The lowest BCUT2D eigenvalue weighted by Crippen LogP contribution is -2.36. The summed E-state index contributed by atoms with van der Waals surface area (Å²) in [4.78, 5) is 29.6. The van der Waals surface area contributed by atoms with Gasteiger partial charge < -0.3 is 10.6 Å². The van der Waals surface area contributed by atoms with Crippen LogP contribution < -0.4 is 10.6 Å². The van der Waals surface area contributed by atoms with Gasteiger partial charge in [-0.1, -0.05) is 67.2 Å². The topological polar surface area (TPSA) is 71.1 Å². The Kier molecular flexibility index (Phi) is 5.64. The van der Waals surface area contributed by atoms with Crippen LogP contribution >= 0.6 is 22.9 Å². The van der Waals surface area contributed by atoms with Gasteiger partial charge in [0.15, 0.2) is 5.13 Å². The van der Waals surface area contributed by atoms with Crippen LogP contribution in [0, 0.1) is 17.7 Å². The van der Waals surface area contributed by atoms with Crippen LogP contribution in [0.4, 0.5) is 9.52 Å². The number of halogens is 2. The van der Waals surface area contributed by atoms with Crippen molar-refractivity contribution in [3.8, 4) is 0 Å². The fraction of sp³-hybridized carbons (Fsp3) is 0.450. The maximum atomic E-state index is 14.2. The van der Waals surface area contributed by atoms with Crippen molar-refractivity contribution in [1.82, 2.24) is 10.3 Å². The molecule has 1 aromatic heterocycles. The zero-order chi connectivity index (χ0) is 19.7. The summed E-state index contributed by atoms with van der Waals surface area (Å²) in [5.41, 5.74) is 0.601. The molecule has 2 amide bonds. The number of nitrogens with zero attached hydrogens (tertiary/aromatic N) is 1. The predicted molar refractivity (Wildman–Crippen MR) is 107 cm³/mol. The number of thiazole rings is 1. The lowest BCUT2D eigenvalue weighted by molar-refractivity contribution is -0.121. The predicted octanol–water partition coefficient (Wildman–Crippen LogP) is 4.95. The number of amides is 2. The minimum absolute atomic E-state index is 0.0474.